The summed E-state index contributed by atoms with van der Waals surface area (Å²) in [5.41, 5.74) is 0.0835. The molecular weight excluding hydrogens is 402 g/mol. The maximum atomic E-state index is 14.0. The molecule has 0 aliphatic rings. The van der Waals surface area contributed by atoms with E-state index in [0.29, 0.717) is 15.2 Å². The van der Waals surface area contributed by atoms with Crippen LogP contribution in [0.15, 0.2) is 51.7 Å². The molecule has 2 aromatic carbocycles. The van der Waals surface area contributed by atoms with Crippen LogP contribution in [-0.4, -0.2) is 15.7 Å². The minimum absolute atomic E-state index is 0. The first kappa shape index (κ1) is 19.8. The van der Waals surface area contributed by atoms with Gasteiger partial charge in [-0.25, -0.2) is 9.07 Å². The second-order valence-corrected chi connectivity index (χ2v) is 6.16. The van der Waals surface area contributed by atoms with Gasteiger partial charge in [0.15, 0.2) is 0 Å². The standard InChI is InChI=1S/C17H12BrFN2O3.Na/c18-11-6-5-10(14(19)7-11)9-21-17(24)13-4-2-1-3-12(13)15(20-21)8-16(22)23;/h1-7H,8-9H2,(H,22,23);/q;+1/p-1. The number of rotatable bonds is 4. The Morgan fingerprint density at radius 1 is 1.20 bits per heavy atom. The summed E-state index contributed by atoms with van der Waals surface area (Å²) in [6.07, 6.45) is -0.427. The smallest absolute Gasteiger partial charge is 0.550 e. The van der Waals surface area contributed by atoms with Crippen LogP contribution < -0.4 is 40.2 Å². The van der Waals surface area contributed by atoms with Crippen molar-refractivity contribution in [2.24, 2.45) is 0 Å². The summed E-state index contributed by atoms with van der Waals surface area (Å²) in [5, 5.41) is 15.9. The summed E-state index contributed by atoms with van der Waals surface area (Å²) >= 11 is 3.17. The van der Waals surface area contributed by atoms with Crippen LogP contribution in [0.4, 0.5) is 4.39 Å². The minimum atomic E-state index is -1.30. The normalized spacial score (nSPS) is 10.5. The molecule has 5 nitrogen and oxygen atoms in total. The van der Waals surface area contributed by atoms with Crippen molar-refractivity contribution >= 4 is 32.7 Å². The molecule has 0 unspecified atom stereocenters. The van der Waals surface area contributed by atoms with Gasteiger partial charge in [0.25, 0.3) is 5.56 Å². The molecule has 1 aromatic heterocycles. The Morgan fingerprint density at radius 2 is 1.88 bits per heavy atom. The van der Waals surface area contributed by atoms with Gasteiger partial charge in [0.1, 0.15) is 5.82 Å². The van der Waals surface area contributed by atoms with Gasteiger partial charge in [0, 0.05) is 27.8 Å². The fourth-order valence-corrected chi connectivity index (χ4v) is 2.82. The number of nitrogens with zero attached hydrogens (tertiary/aromatic N) is 2. The first-order valence-electron chi connectivity index (χ1n) is 7.08. The third-order valence-electron chi connectivity index (χ3n) is 3.59. The zero-order valence-corrected chi connectivity index (χ0v) is 16.9. The molecule has 0 radical (unpaired) electrons. The summed E-state index contributed by atoms with van der Waals surface area (Å²) in [4.78, 5) is 23.5. The zero-order valence-electron chi connectivity index (χ0n) is 13.3. The Labute approximate surface area is 172 Å². The summed E-state index contributed by atoms with van der Waals surface area (Å²) < 4.78 is 15.7. The van der Waals surface area contributed by atoms with Crippen molar-refractivity contribution in [2.75, 3.05) is 0 Å². The molecule has 8 heteroatoms. The number of hydrogen-bond donors (Lipinski definition) is 0. The first-order chi connectivity index (χ1) is 11.5. The van der Waals surface area contributed by atoms with Crippen molar-refractivity contribution in [3.05, 3.63) is 74.4 Å². The average Bonchev–Trinajstić information content (AvgIpc) is 2.54. The SMILES string of the molecule is O=C([O-])Cc1nn(Cc2ccc(Br)cc2F)c(=O)c2ccccc12.[Na+]. The number of carbonyl (C=O) groups excluding carboxylic acids is 1. The van der Waals surface area contributed by atoms with Crippen molar-refractivity contribution < 1.29 is 43.8 Å². The van der Waals surface area contributed by atoms with E-state index in [1.54, 1.807) is 36.4 Å². The van der Waals surface area contributed by atoms with Crippen LogP contribution in [0.5, 0.6) is 0 Å². The molecule has 1 heterocycles. The quantitative estimate of drug-likeness (QED) is 0.496. The Kier molecular flexibility index (Phi) is 6.51. The maximum absolute atomic E-state index is 14.0. The van der Waals surface area contributed by atoms with Crippen LogP contribution in [0.1, 0.15) is 11.3 Å². The van der Waals surface area contributed by atoms with Crippen molar-refractivity contribution in [3.8, 4) is 0 Å². The molecular formula is C17H11BrFN2NaO3. The first-order valence-corrected chi connectivity index (χ1v) is 7.87. The molecule has 0 N–H and O–H groups in total. The van der Waals surface area contributed by atoms with Gasteiger partial charge in [-0.2, -0.15) is 5.10 Å². The number of halogens is 2. The summed E-state index contributed by atoms with van der Waals surface area (Å²) in [5.74, 6) is -1.78. The van der Waals surface area contributed by atoms with Crippen LogP contribution in [-0.2, 0) is 17.8 Å². The second kappa shape index (κ2) is 8.23. The number of hydrogen-bond acceptors (Lipinski definition) is 4. The number of fused-ring (bicyclic) bond motifs is 1. The van der Waals surface area contributed by atoms with E-state index in [0.717, 1.165) is 4.68 Å². The van der Waals surface area contributed by atoms with Crippen LogP contribution in [0.2, 0.25) is 0 Å². The number of carboxylic acids is 1. The van der Waals surface area contributed by atoms with E-state index in [1.807, 2.05) is 0 Å². The number of carboxylic acid groups (broad SMARTS) is 1. The van der Waals surface area contributed by atoms with Crippen LogP contribution in [0.25, 0.3) is 10.8 Å². The van der Waals surface area contributed by atoms with Gasteiger partial charge in [-0.15, -0.1) is 0 Å². The molecule has 25 heavy (non-hydrogen) atoms. The Hall–Kier alpha value is -1.54. The van der Waals surface area contributed by atoms with Gasteiger partial charge in [-0.3, -0.25) is 4.79 Å². The third kappa shape index (κ3) is 4.36. The molecule has 0 amide bonds. The fourth-order valence-electron chi connectivity index (χ4n) is 2.49. The van der Waals surface area contributed by atoms with Gasteiger partial charge >= 0.3 is 29.6 Å². The van der Waals surface area contributed by atoms with Crippen LogP contribution in [0, 0.1) is 5.82 Å². The van der Waals surface area contributed by atoms with Gasteiger partial charge in [0.2, 0.25) is 0 Å². The van der Waals surface area contributed by atoms with Crippen LogP contribution in [0.3, 0.4) is 0 Å². The van der Waals surface area contributed by atoms with E-state index in [-0.39, 0.29) is 47.4 Å². The van der Waals surface area contributed by atoms with Gasteiger partial charge in [0.05, 0.1) is 17.6 Å². The van der Waals surface area contributed by atoms with E-state index in [4.69, 9.17) is 0 Å². The molecule has 0 atom stereocenters. The molecule has 3 aromatic rings. The molecule has 0 spiro atoms. The molecule has 0 bridgehead atoms. The molecule has 0 saturated heterocycles. The number of aromatic nitrogens is 2. The molecule has 3 rings (SSSR count). The molecule has 0 aliphatic heterocycles. The third-order valence-corrected chi connectivity index (χ3v) is 4.08. The second-order valence-electron chi connectivity index (χ2n) is 5.24. The van der Waals surface area contributed by atoms with E-state index in [1.165, 1.54) is 6.07 Å². The topological polar surface area (TPSA) is 75.0 Å². The monoisotopic (exact) mass is 412 g/mol. The molecule has 122 valence electrons. The number of aliphatic carboxylic acids is 1. The molecule has 0 fully saturated rings. The summed E-state index contributed by atoms with van der Waals surface area (Å²) in [6, 6.07) is 11.1. The summed E-state index contributed by atoms with van der Waals surface area (Å²) in [7, 11) is 0. The number of benzene rings is 2. The van der Waals surface area contributed by atoms with Crippen molar-refractivity contribution in [1.29, 1.82) is 0 Å². The maximum Gasteiger partial charge on any atom is 1.00 e. The zero-order chi connectivity index (χ0) is 17.3. The Morgan fingerprint density at radius 3 is 2.52 bits per heavy atom. The minimum Gasteiger partial charge on any atom is -0.550 e. The Bertz CT molecular complexity index is 1010. The van der Waals surface area contributed by atoms with Crippen LogP contribution >= 0.6 is 15.9 Å². The predicted molar refractivity (Wildman–Crippen MR) is 87.9 cm³/mol. The number of carbonyl (C=O) groups is 1. The van der Waals surface area contributed by atoms with E-state index < -0.39 is 23.8 Å². The van der Waals surface area contributed by atoms with E-state index >= 15 is 0 Å². The van der Waals surface area contributed by atoms with Crippen molar-refractivity contribution in [1.82, 2.24) is 9.78 Å². The predicted octanol–water partition coefficient (Wildman–Crippen LogP) is -1.36. The molecule has 0 saturated carbocycles. The average molecular weight is 413 g/mol. The van der Waals surface area contributed by atoms with Gasteiger partial charge in [-0.05, 0) is 18.2 Å². The van der Waals surface area contributed by atoms with E-state index in [9.17, 15) is 19.1 Å². The van der Waals surface area contributed by atoms with Crippen molar-refractivity contribution in [3.63, 3.8) is 0 Å². The summed E-state index contributed by atoms with van der Waals surface area (Å²) in [6.45, 7) is -0.0944. The fraction of sp³-hybridized carbons (Fsp3) is 0.118. The van der Waals surface area contributed by atoms with E-state index in [2.05, 4.69) is 21.0 Å². The largest absolute Gasteiger partial charge is 1.00 e. The van der Waals surface area contributed by atoms with Crippen molar-refractivity contribution in [2.45, 2.75) is 13.0 Å². The Balaban J connectivity index is 0.00000225. The van der Waals surface area contributed by atoms with Gasteiger partial charge < -0.3 is 9.90 Å². The van der Waals surface area contributed by atoms with Gasteiger partial charge in [-0.1, -0.05) is 40.2 Å². The molecule has 0 aliphatic carbocycles.